The first kappa shape index (κ1) is 14.8. The van der Waals surface area contributed by atoms with E-state index >= 15 is 0 Å². The number of sulfone groups is 1. The molecule has 0 unspecified atom stereocenters. The highest BCUT2D eigenvalue weighted by molar-refractivity contribution is 7.91. The third-order valence-electron chi connectivity index (χ3n) is 4.16. The van der Waals surface area contributed by atoms with Crippen LogP contribution in [0, 0.1) is 0 Å². The Labute approximate surface area is 115 Å². The smallest absolute Gasteiger partial charge is 0.248 e. The normalized spacial score (nSPS) is 29.4. The Morgan fingerprint density at radius 2 is 2.05 bits per heavy atom. The summed E-state index contributed by atoms with van der Waals surface area (Å²) in [5.41, 5.74) is -0.142. The second-order valence-electron chi connectivity index (χ2n) is 6.00. The monoisotopic (exact) mass is 289 g/mol. The molecule has 110 valence electrons. The first-order valence-electron chi connectivity index (χ1n) is 6.95. The minimum Gasteiger partial charge on any atom is -0.365 e. The van der Waals surface area contributed by atoms with E-state index in [0.29, 0.717) is 13.0 Å². The first-order valence-corrected chi connectivity index (χ1v) is 8.77. The standard InChI is InChI=1S/C13H23NO4S/c1-11-10-19(16,17)8-4-7-14(11)12(15)9-18-13(2)5-3-6-13/h11H,3-10H2,1-2H3/t11-/m0/s1. The molecule has 1 aliphatic heterocycles. The number of carbonyl (C=O) groups is 1. The van der Waals surface area contributed by atoms with Crippen molar-refractivity contribution in [3.05, 3.63) is 0 Å². The summed E-state index contributed by atoms with van der Waals surface area (Å²) in [4.78, 5) is 13.8. The molecule has 0 radical (unpaired) electrons. The van der Waals surface area contributed by atoms with E-state index in [1.54, 1.807) is 11.8 Å². The highest BCUT2D eigenvalue weighted by Gasteiger charge is 2.35. The molecule has 0 aromatic heterocycles. The van der Waals surface area contributed by atoms with Crippen molar-refractivity contribution in [2.75, 3.05) is 24.7 Å². The largest absolute Gasteiger partial charge is 0.365 e. The highest BCUT2D eigenvalue weighted by atomic mass is 32.2. The zero-order valence-electron chi connectivity index (χ0n) is 11.7. The van der Waals surface area contributed by atoms with Gasteiger partial charge in [0, 0.05) is 12.6 Å². The van der Waals surface area contributed by atoms with Gasteiger partial charge in [0.1, 0.15) is 6.61 Å². The summed E-state index contributed by atoms with van der Waals surface area (Å²) in [5.74, 6) is 0.160. The lowest BCUT2D eigenvalue weighted by atomic mass is 9.82. The molecule has 1 aliphatic carbocycles. The van der Waals surface area contributed by atoms with Crippen LogP contribution in [0.1, 0.15) is 39.5 Å². The van der Waals surface area contributed by atoms with Gasteiger partial charge in [-0.05, 0) is 39.5 Å². The zero-order chi connectivity index (χ0) is 14.1. The molecule has 2 rings (SSSR count). The fourth-order valence-electron chi connectivity index (χ4n) is 2.72. The van der Waals surface area contributed by atoms with Gasteiger partial charge in [0.15, 0.2) is 9.84 Å². The topological polar surface area (TPSA) is 63.7 Å². The van der Waals surface area contributed by atoms with Gasteiger partial charge in [0.05, 0.1) is 17.1 Å². The Morgan fingerprint density at radius 1 is 1.37 bits per heavy atom. The number of amides is 1. The van der Waals surface area contributed by atoms with Crippen molar-refractivity contribution in [2.45, 2.75) is 51.2 Å². The lowest BCUT2D eigenvalue weighted by molar-refractivity contribution is -0.150. The number of hydrogen-bond donors (Lipinski definition) is 0. The Morgan fingerprint density at radius 3 is 2.63 bits per heavy atom. The summed E-state index contributed by atoms with van der Waals surface area (Å²) in [6.07, 6.45) is 3.69. The maximum absolute atomic E-state index is 12.2. The van der Waals surface area contributed by atoms with E-state index in [4.69, 9.17) is 4.74 Å². The lowest BCUT2D eigenvalue weighted by Crippen LogP contribution is -2.45. The van der Waals surface area contributed by atoms with Gasteiger partial charge in [-0.3, -0.25) is 4.79 Å². The van der Waals surface area contributed by atoms with E-state index in [-0.39, 0.29) is 35.7 Å². The minimum atomic E-state index is -3.01. The Balaban J connectivity index is 1.90. The van der Waals surface area contributed by atoms with Crippen molar-refractivity contribution in [1.82, 2.24) is 4.90 Å². The van der Waals surface area contributed by atoms with Crippen molar-refractivity contribution in [2.24, 2.45) is 0 Å². The van der Waals surface area contributed by atoms with Crippen molar-refractivity contribution in [3.63, 3.8) is 0 Å². The van der Waals surface area contributed by atoms with E-state index in [1.165, 1.54) is 0 Å². The molecule has 0 aromatic carbocycles. The van der Waals surface area contributed by atoms with Crippen LogP contribution in [0.15, 0.2) is 0 Å². The van der Waals surface area contributed by atoms with Gasteiger partial charge in [-0.1, -0.05) is 0 Å². The predicted molar refractivity (Wildman–Crippen MR) is 72.7 cm³/mol. The summed E-state index contributed by atoms with van der Waals surface area (Å²) < 4.78 is 29.0. The van der Waals surface area contributed by atoms with Gasteiger partial charge < -0.3 is 9.64 Å². The molecule has 6 heteroatoms. The van der Waals surface area contributed by atoms with Crippen LogP contribution in [-0.4, -0.2) is 55.5 Å². The summed E-state index contributed by atoms with van der Waals surface area (Å²) in [5, 5.41) is 0. The maximum atomic E-state index is 12.2. The number of rotatable bonds is 3. The predicted octanol–water partition coefficient (Wildman–Crippen LogP) is 0.981. The number of ether oxygens (including phenoxy) is 1. The van der Waals surface area contributed by atoms with Crippen LogP contribution in [-0.2, 0) is 19.4 Å². The molecule has 0 aromatic rings. The van der Waals surface area contributed by atoms with Crippen LogP contribution in [0.5, 0.6) is 0 Å². The van der Waals surface area contributed by atoms with Crippen molar-refractivity contribution in [1.29, 1.82) is 0 Å². The van der Waals surface area contributed by atoms with Crippen LogP contribution in [0.2, 0.25) is 0 Å². The molecule has 2 fully saturated rings. The summed E-state index contributed by atoms with van der Waals surface area (Å²) in [7, 11) is -3.01. The lowest BCUT2D eigenvalue weighted by Gasteiger charge is -2.38. The molecular formula is C13H23NO4S. The molecule has 1 saturated heterocycles. The van der Waals surface area contributed by atoms with Gasteiger partial charge in [-0.2, -0.15) is 0 Å². The van der Waals surface area contributed by atoms with Crippen molar-refractivity contribution in [3.8, 4) is 0 Å². The molecule has 0 bridgehead atoms. The molecule has 0 N–H and O–H groups in total. The quantitative estimate of drug-likeness (QED) is 0.777. The molecule has 1 heterocycles. The molecule has 2 aliphatic rings. The van der Waals surface area contributed by atoms with Crippen molar-refractivity contribution >= 4 is 15.7 Å². The second-order valence-corrected chi connectivity index (χ2v) is 8.22. The Hall–Kier alpha value is -0.620. The minimum absolute atomic E-state index is 0.0655. The van der Waals surface area contributed by atoms with Gasteiger partial charge in [-0.15, -0.1) is 0 Å². The van der Waals surface area contributed by atoms with E-state index in [1.807, 2.05) is 6.92 Å². The van der Waals surface area contributed by atoms with Gasteiger partial charge in [-0.25, -0.2) is 8.42 Å². The molecule has 1 saturated carbocycles. The molecule has 1 atom stereocenters. The SMILES string of the molecule is C[C@H]1CS(=O)(=O)CCCN1C(=O)COC1(C)CCC1. The molecule has 19 heavy (non-hydrogen) atoms. The van der Waals surface area contributed by atoms with E-state index in [0.717, 1.165) is 19.3 Å². The highest BCUT2D eigenvalue weighted by Crippen LogP contribution is 2.34. The fourth-order valence-corrected chi connectivity index (χ4v) is 4.37. The Bertz CT molecular complexity index is 442. The molecule has 5 nitrogen and oxygen atoms in total. The van der Waals surface area contributed by atoms with E-state index in [9.17, 15) is 13.2 Å². The summed E-state index contributed by atoms with van der Waals surface area (Å²) in [6.45, 7) is 4.41. The fraction of sp³-hybridized carbons (Fsp3) is 0.923. The van der Waals surface area contributed by atoms with Crippen LogP contribution in [0.4, 0.5) is 0 Å². The van der Waals surface area contributed by atoms with Crippen LogP contribution >= 0.6 is 0 Å². The zero-order valence-corrected chi connectivity index (χ0v) is 12.5. The number of nitrogens with zero attached hydrogens (tertiary/aromatic N) is 1. The average molecular weight is 289 g/mol. The van der Waals surface area contributed by atoms with Crippen LogP contribution in [0.25, 0.3) is 0 Å². The maximum Gasteiger partial charge on any atom is 0.248 e. The molecular weight excluding hydrogens is 266 g/mol. The van der Waals surface area contributed by atoms with E-state index in [2.05, 4.69) is 0 Å². The Kier molecular flexibility index (Phi) is 4.20. The summed E-state index contributed by atoms with van der Waals surface area (Å²) >= 11 is 0. The van der Waals surface area contributed by atoms with Crippen LogP contribution in [0.3, 0.4) is 0 Å². The van der Waals surface area contributed by atoms with E-state index < -0.39 is 9.84 Å². The molecule has 1 amide bonds. The second kappa shape index (κ2) is 5.40. The van der Waals surface area contributed by atoms with Gasteiger partial charge in [0.2, 0.25) is 5.91 Å². The number of hydrogen-bond acceptors (Lipinski definition) is 4. The summed E-state index contributed by atoms with van der Waals surface area (Å²) in [6, 6.07) is -0.252. The third kappa shape index (κ3) is 3.69. The average Bonchev–Trinajstić information content (AvgIpc) is 2.41. The van der Waals surface area contributed by atoms with Gasteiger partial charge >= 0.3 is 0 Å². The number of carbonyl (C=O) groups excluding carboxylic acids is 1. The van der Waals surface area contributed by atoms with Gasteiger partial charge in [0.25, 0.3) is 0 Å². The first-order chi connectivity index (χ1) is 8.81. The molecule has 0 spiro atoms. The third-order valence-corrected chi connectivity index (χ3v) is 6.06. The van der Waals surface area contributed by atoms with Crippen LogP contribution < -0.4 is 0 Å². The van der Waals surface area contributed by atoms with Crippen molar-refractivity contribution < 1.29 is 17.9 Å².